The van der Waals surface area contributed by atoms with Gasteiger partial charge in [0.15, 0.2) is 0 Å². The van der Waals surface area contributed by atoms with Crippen LogP contribution in [0.2, 0.25) is 0 Å². The number of rotatable bonds is 3. The van der Waals surface area contributed by atoms with Gasteiger partial charge in [0.25, 0.3) is 0 Å². The third-order valence-corrected chi connectivity index (χ3v) is 2.84. The van der Waals surface area contributed by atoms with Crippen LogP contribution in [0.25, 0.3) is 0 Å². The fourth-order valence-electron chi connectivity index (χ4n) is 1.18. The molecule has 1 aliphatic carbocycles. The summed E-state index contributed by atoms with van der Waals surface area (Å²) in [6.07, 6.45) is 8.73. The number of hydrogen-bond donors (Lipinski definition) is 0. The molecule has 4 heteroatoms. The maximum atomic E-state index is 3.35. The van der Waals surface area contributed by atoms with E-state index in [1.165, 1.54) is 5.57 Å². The molecule has 1 atom stereocenters. The van der Waals surface area contributed by atoms with Gasteiger partial charge < -0.3 is 24.8 Å². The molecule has 0 saturated heterocycles. The second-order valence-corrected chi connectivity index (χ2v) is 4.99. The average Bonchev–Trinajstić information content (AvgIpc) is 2.35. The van der Waals surface area contributed by atoms with Gasteiger partial charge in [-0.05, 0) is 10.5 Å². The van der Waals surface area contributed by atoms with Crippen LogP contribution >= 0.6 is 11.8 Å². The van der Waals surface area contributed by atoms with Gasteiger partial charge in [0.1, 0.15) is 0 Å². The van der Waals surface area contributed by atoms with Crippen molar-refractivity contribution in [1.29, 1.82) is 0 Å². The van der Waals surface area contributed by atoms with E-state index in [9.17, 15) is 0 Å². The zero-order chi connectivity index (χ0) is 8.27. The Morgan fingerprint density at radius 1 is 1.29 bits per heavy atom. The second kappa shape index (κ2) is 10.6. The monoisotopic (exact) mass is 285 g/mol. The summed E-state index contributed by atoms with van der Waals surface area (Å²) in [5, 5.41) is 1.34. The maximum Gasteiger partial charge on any atom is 3.00 e. The quantitative estimate of drug-likeness (QED) is 0.399. The van der Waals surface area contributed by atoms with Gasteiger partial charge in [-0.1, -0.05) is 20.8 Å². The molecule has 0 N–H and O–H groups in total. The van der Waals surface area contributed by atoms with Crippen molar-refractivity contribution in [3.63, 3.8) is 0 Å². The number of thioether (sulfide) groups is 1. The Morgan fingerprint density at radius 3 is 2.21 bits per heavy atom. The Bertz CT molecular complexity index is 191. The SMILES string of the molecule is CC(C)SC(C)C1=[C-]CC=C1.[Cl-].[Cl-].[Ti+3]. The molecular weight excluding hydrogens is 271 g/mol. The van der Waals surface area contributed by atoms with E-state index >= 15 is 0 Å². The van der Waals surface area contributed by atoms with Crippen LogP contribution in [-0.2, 0) is 21.7 Å². The Hall–Kier alpha value is 1.12. The smallest absolute Gasteiger partial charge is 1.00 e. The predicted octanol–water partition coefficient (Wildman–Crippen LogP) is -2.79. The molecule has 1 aliphatic rings. The van der Waals surface area contributed by atoms with Gasteiger partial charge in [0.2, 0.25) is 0 Å². The van der Waals surface area contributed by atoms with Crippen molar-refractivity contribution in [3.8, 4) is 0 Å². The fraction of sp³-hybridized carbons (Fsp3) is 0.600. The van der Waals surface area contributed by atoms with Gasteiger partial charge in [-0.25, -0.2) is 11.6 Å². The van der Waals surface area contributed by atoms with Crippen molar-refractivity contribution in [2.45, 2.75) is 37.7 Å². The largest absolute Gasteiger partial charge is 3.00 e. The maximum absolute atomic E-state index is 3.35. The van der Waals surface area contributed by atoms with Gasteiger partial charge in [0.05, 0.1) is 0 Å². The summed E-state index contributed by atoms with van der Waals surface area (Å²) in [6, 6.07) is 0. The van der Waals surface area contributed by atoms with Crippen LogP contribution in [0.1, 0.15) is 27.2 Å². The zero-order valence-corrected chi connectivity index (χ0v) is 12.6. The van der Waals surface area contributed by atoms with Gasteiger partial charge in [-0.2, -0.15) is 17.8 Å². The Morgan fingerprint density at radius 2 is 1.86 bits per heavy atom. The first-order valence-electron chi connectivity index (χ1n) is 4.13. The predicted molar refractivity (Wildman–Crippen MR) is 52.7 cm³/mol. The van der Waals surface area contributed by atoms with Crippen LogP contribution in [0.5, 0.6) is 0 Å². The Balaban J connectivity index is -0.000000403. The molecule has 0 aromatic carbocycles. The first-order chi connectivity index (χ1) is 5.20. The minimum Gasteiger partial charge on any atom is -1.00 e. The molecule has 14 heavy (non-hydrogen) atoms. The van der Waals surface area contributed by atoms with Crippen LogP contribution in [0.4, 0.5) is 0 Å². The summed E-state index contributed by atoms with van der Waals surface area (Å²) in [5.74, 6) is 0. The molecule has 1 rings (SSSR count). The van der Waals surface area contributed by atoms with E-state index in [0.29, 0.717) is 10.5 Å². The topological polar surface area (TPSA) is 0 Å². The Labute approximate surface area is 119 Å². The Kier molecular flexibility index (Phi) is 15.6. The molecule has 0 heterocycles. The van der Waals surface area contributed by atoms with E-state index < -0.39 is 0 Å². The van der Waals surface area contributed by atoms with E-state index in [0.717, 1.165) is 6.42 Å². The third kappa shape index (κ3) is 7.42. The summed E-state index contributed by atoms with van der Waals surface area (Å²) in [6.45, 7) is 6.73. The van der Waals surface area contributed by atoms with Crippen molar-refractivity contribution in [1.82, 2.24) is 0 Å². The fourth-order valence-corrected chi connectivity index (χ4v) is 2.31. The van der Waals surface area contributed by atoms with Crippen LogP contribution < -0.4 is 24.8 Å². The molecule has 0 spiro atoms. The first-order valence-corrected chi connectivity index (χ1v) is 5.07. The van der Waals surface area contributed by atoms with Crippen molar-refractivity contribution < 1.29 is 46.5 Å². The van der Waals surface area contributed by atoms with Crippen molar-refractivity contribution in [2.75, 3.05) is 0 Å². The summed E-state index contributed by atoms with van der Waals surface area (Å²) in [7, 11) is 0. The molecule has 79 valence electrons. The second-order valence-electron chi connectivity index (χ2n) is 3.07. The molecule has 0 saturated carbocycles. The summed E-state index contributed by atoms with van der Waals surface area (Å²) >= 11 is 2.00. The standard InChI is InChI=1S/C10H15S.2ClH.Ti/c1-8(2)11-9(3)10-6-4-5-7-10;;;/h4,6,8-9H,5H2,1-3H3;2*1H;/q-1;;;+3/p-2. The summed E-state index contributed by atoms with van der Waals surface area (Å²) < 4.78 is 0. The minimum atomic E-state index is 0. The molecule has 0 aliphatic heterocycles. The molecule has 0 amide bonds. The minimum absolute atomic E-state index is 0. The van der Waals surface area contributed by atoms with Crippen LogP contribution in [-0.4, -0.2) is 10.5 Å². The molecule has 1 radical (unpaired) electrons. The van der Waals surface area contributed by atoms with E-state index in [1.54, 1.807) is 0 Å². The van der Waals surface area contributed by atoms with E-state index in [-0.39, 0.29) is 46.5 Å². The zero-order valence-electron chi connectivity index (χ0n) is 8.68. The van der Waals surface area contributed by atoms with Crippen LogP contribution in [0.3, 0.4) is 0 Å². The molecular formula is C10H15Cl2STi. The average molecular weight is 286 g/mol. The number of allylic oxidation sites excluding steroid dienone is 3. The molecule has 0 fully saturated rings. The van der Waals surface area contributed by atoms with Gasteiger partial charge in [-0.15, -0.1) is 6.42 Å². The third-order valence-electron chi connectivity index (χ3n) is 1.64. The normalized spacial score (nSPS) is 15.0. The van der Waals surface area contributed by atoms with Gasteiger partial charge in [-0.3, -0.25) is 6.08 Å². The number of halogens is 2. The molecule has 0 bridgehead atoms. The molecule has 0 aromatic heterocycles. The van der Waals surface area contributed by atoms with Gasteiger partial charge in [0, 0.05) is 0 Å². The van der Waals surface area contributed by atoms with Crippen molar-refractivity contribution in [2.24, 2.45) is 0 Å². The summed E-state index contributed by atoms with van der Waals surface area (Å²) in [4.78, 5) is 0. The van der Waals surface area contributed by atoms with Crippen molar-refractivity contribution >= 4 is 11.8 Å². The van der Waals surface area contributed by atoms with Crippen LogP contribution in [0.15, 0.2) is 17.7 Å². The van der Waals surface area contributed by atoms with E-state index in [1.807, 2.05) is 11.8 Å². The van der Waals surface area contributed by atoms with Crippen molar-refractivity contribution in [3.05, 3.63) is 23.8 Å². The molecule has 0 aromatic rings. The summed E-state index contributed by atoms with van der Waals surface area (Å²) in [5.41, 5.74) is 1.38. The van der Waals surface area contributed by atoms with E-state index in [2.05, 4.69) is 39.0 Å². The number of hydrogen-bond acceptors (Lipinski definition) is 1. The molecule has 1 unspecified atom stereocenters. The first kappa shape index (κ1) is 20.5. The van der Waals surface area contributed by atoms with E-state index in [4.69, 9.17) is 0 Å². The van der Waals surface area contributed by atoms with Gasteiger partial charge >= 0.3 is 21.7 Å². The molecule has 0 nitrogen and oxygen atoms in total. The van der Waals surface area contributed by atoms with Crippen LogP contribution in [0, 0.1) is 6.08 Å².